The van der Waals surface area contributed by atoms with Crippen LogP contribution in [0.5, 0.6) is 5.75 Å². The molecule has 0 aromatic heterocycles. The van der Waals surface area contributed by atoms with E-state index in [1.54, 1.807) is 25.3 Å². The van der Waals surface area contributed by atoms with Gasteiger partial charge in [-0.15, -0.1) is 0 Å². The molecule has 0 bridgehead atoms. The number of anilines is 1. The number of fused-ring (bicyclic) bond motifs is 1. The van der Waals surface area contributed by atoms with E-state index < -0.39 is 9.84 Å². The molecule has 1 unspecified atom stereocenters. The quantitative estimate of drug-likeness (QED) is 0.855. The summed E-state index contributed by atoms with van der Waals surface area (Å²) in [5.74, 6) is 0.663. The maximum absolute atomic E-state index is 12.2. The Bertz CT molecular complexity index is 496. The number of methoxy groups -OCH3 is 1. The number of rotatable bonds is 2. The van der Waals surface area contributed by atoms with Crippen LogP contribution in [0.2, 0.25) is 0 Å². The molecule has 1 aromatic carbocycles. The number of ether oxygens (including phenoxy) is 1. The molecule has 1 aliphatic rings. The Kier molecular flexibility index (Phi) is 2.80. The Labute approximate surface area is 95.5 Å². The molecular formula is C11H15NO3S. The predicted molar refractivity (Wildman–Crippen MR) is 62.7 cm³/mol. The van der Waals surface area contributed by atoms with Gasteiger partial charge in [0.1, 0.15) is 5.75 Å². The lowest BCUT2D eigenvalue weighted by Crippen LogP contribution is -2.33. The number of benzene rings is 1. The van der Waals surface area contributed by atoms with Gasteiger partial charge in [0.25, 0.3) is 0 Å². The molecule has 1 atom stereocenters. The fourth-order valence-corrected chi connectivity index (χ4v) is 3.70. The SMILES string of the molecule is CCC1CNc2cc(OC)ccc2S1(=O)=O. The second kappa shape index (κ2) is 3.97. The van der Waals surface area contributed by atoms with E-state index in [9.17, 15) is 8.42 Å². The summed E-state index contributed by atoms with van der Waals surface area (Å²) in [5, 5.41) is 2.81. The van der Waals surface area contributed by atoms with Crippen molar-refractivity contribution in [1.82, 2.24) is 0 Å². The fourth-order valence-electron chi connectivity index (χ4n) is 1.90. The number of hydrogen-bond donors (Lipinski definition) is 1. The van der Waals surface area contributed by atoms with E-state index in [1.165, 1.54) is 0 Å². The van der Waals surface area contributed by atoms with Crippen molar-refractivity contribution in [3.05, 3.63) is 18.2 Å². The summed E-state index contributed by atoms with van der Waals surface area (Å²) in [5.41, 5.74) is 0.643. The molecule has 0 aliphatic carbocycles. The molecular weight excluding hydrogens is 226 g/mol. The van der Waals surface area contributed by atoms with E-state index in [2.05, 4.69) is 5.32 Å². The van der Waals surface area contributed by atoms with Gasteiger partial charge in [-0.2, -0.15) is 0 Å². The standard InChI is InChI=1S/C11H15NO3S/c1-3-9-7-12-10-6-8(15-2)4-5-11(10)16(9,13)14/h4-6,9,12H,3,7H2,1-2H3. The van der Waals surface area contributed by atoms with Crippen LogP contribution in [0.3, 0.4) is 0 Å². The van der Waals surface area contributed by atoms with Crippen LogP contribution in [-0.4, -0.2) is 27.3 Å². The number of nitrogens with one attached hydrogen (secondary N) is 1. The first-order chi connectivity index (χ1) is 7.59. The summed E-state index contributed by atoms with van der Waals surface area (Å²) in [6.07, 6.45) is 0.626. The van der Waals surface area contributed by atoms with Gasteiger partial charge in [0.2, 0.25) is 0 Å². The lowest BCUT2D eigenvalue weighted by Gasteiger charge is -2.25. The molecule has 1 aromatic rings. The summed E-state index contributed by atoms with van der Waals surface area (Å²) in [4.78, 5) is 0.381. The van der Waals surface area contributed by atoms with Gasteiger partial charge in [-0.05, 0) is 18.6 Å². The van der Waals surface area contributed by atoms with E-state index in [-0.39, 0.29) is 5.25 Å². The van der Waals surface area contributed by atoms with Crippen LogP contribution in [0.1, 0.15) is 13.3 Å². The Morgan fingerprint density at radius 2 is 2.25 bits per heavy atom. The normalized spacial score (nSPS) is 22.0. The van der Waals surface area contributed by atoms with Gasteiger partial charge in [-0.1, -0.05) is 6.92 Å². The van der Waals surface area contributed by atoms with Crippen LogP contribution in [0.4, 0.5) is 5.69 Å². The first-order valence-electron chi connectivity index (χ1n) is 5.25. The highest BCUT2D eigenvalue weighted by atomic mass is 32.2. The summed E-state index contributed by atoms with van der Waals surface area (Å²) in [7, 11) is -1.61. The molecule has 16 heavy (non-hydrogen) atoms. The smallest absolute Gasteiger partial charge is 0.184 e. The molecule has 0 amide bonds. The molecule has 5 heteroatoms. The zero-order valence-electron chi connectivity index (χ0n) is 9.36. The van der Waals surface area contributed by atoms with Gasteiger partial charge in [0.05, 0.1) is 22.9 Å². The van der Waals surface area contributed by atoms with Gasteiger partial charge in [0.15, 0.2) is 9.84 Å². The molecule has 0 radical (unpaired) electrons. The highest BCUT2D eigenvalue weighted by molar-refractivity contribution is 7.92. The molecule has 88 valence electrons. The average Bonchev–Trinajstić information content (AvgIpc) is 2.28. The topological polar surface area (TPSA) is 55.4 Å². The first kappa shape index (κ1) is 11.3. The Hall–Kier alpha value is -1.23. The van der Waals surface area contributed by atoms with Crippen molar-refractivity contribution in [2.24, 2.45) is 0 Å². The second-order valence-corrected chi connectivity index (χ2v) is 6.01. The zero-order chi connectivity index (χ0) is 11.8. The van der Waals surface area contributed by atoms with Gasteiger partial charge >= 0.3 is 0 Å². The van der Waals surface area contributed by atoms with Crippen LogP contribution in [0, 0.1) is 0 Å². The summed E-state index contributed by atoms with van der Waals surface area (Å²) in [6, 6.07) is 5.01. The van der Waals surface area contributed by atoms with Crippen molar-refractivity contribution in [3.63, 3.8) is 0 Å². The van der Waals surface area contributed by atoms with Gasteiger partial charge in [-0.3, -0.25) is 0 Å². The molecule has 2 rings (SSSR count). The molecule has 1 N–H and O–H groups in total. The van der Waals surface area contributed by atoms with Crippen molar-refractivity contribution in [1.29, 1.82) is 0 Å². The maximum atomic E-state index is 12.2. The Morgan fingerprint density at radius 1 is 1.50 bits per heavy atom. The van der Waals surface area contributed by atoms with Crippen molar-refractivity contribution in [3.8, 4) is 5.75 Å². The summed E-state index contributed by atoms with van der Waals surface area (Å²) < 4.78 is 29.4. The molecule has 0 saturated carbocycles. The van der Waals surface area contributed by atoms with Crippen molar-refractivity contribution in [2.75, 3.05) is 19.0 Å². The second-order valence-electron chi connectivity index (χ2n) is 3.82. The molecule has 0 saturated heterocycles. The van der Waals surface area contributed by atoms with Gasteiger partial charge < -0.3 is 10.1 Å². The third kappa shape index (κ3) is 1.65. The molecule has 1 heterocycles. The van der Waals surface area contributed by atoms with Crippen molar-refractivity contribution < 1.29 is 13.2 Å². The van der Waals surface area contributed by atoms with E-state index >= 15 is 0 Å². The van der Waals surface area contributed by atoms with Gasteiger partial charge in [0, 0.05) is 12.6 Å². The summed E-state index contributed by atoms with van der Waals surface area (Å²) >= 11 is 0. The largest absolute Gasteiger partial charge is 0.497 e. The van der Waals surface area contributed by atoms with Gasteiger partial charge in [-0.25, -0.2) is 8.42 Å². The Balaban J connectivity index is 2.52. The molecule has 0 fully saturated rings. The lowest BCUT2D eigenvalue weighted by molar-refractivity contribution is 0.414. The number of sulfone groups is 1. The van der Waals surface area contributed by atoms with Crippen molar-refractivity contribution >= 4 is 15.5 Å². The maximum Gasteiger partial charge on any atom is 0.184 e. The van der Waals surface area contributed by atoms with E-state index in [0.29, 0.717) is 29.3 Å². The molecule has 4 nitrogen and oxygen atoms in total. The molecule has 1 aliphatic heterocycles. The van der Waals surface area contributed by atoms with E-state index in [4.69, 9.17) is 4.74 Å². The summed E-state index contributed by atoms with van der Waals surface area (Å²) in [6.45, 7) is 2.36. The molecule has 0 spiro atoms. The van der Waals surface area contributed by atoms with Crippen LogP contribution >= 0.6 is 0 Å². The van der Waals surface area contributed by atoms with Crippen LogP contribution in [0.25, 0.3) is 0 Å². The predicted octanol–water partition coefficient (Wildman–Crippen LogP) is 1.67. The van der Waals surface area contributed by atoms with Crippen LogP contribution in [0.15, 0.2) is 23.1 Å². The number of hydrogen-bond acceptors (Lipinski definition) is 4. The van der Waals surface area contributed by atoms with E-state index in [1.807, 2.05) is 6.92 Å². The van der Waals surface area contributed by atoms with Crippen LogP contribution < -0.4 is 10.1 Å². The van der Waals surface area contributed by atoms with E-state index in [0.717, 1.165) is 0 Å². The first-order valence-corrected chi connectivity index (χ1v) is 6.80. The third-order valence-electron chi connectivity index (χ3n) is 2.91. The lowest BCUT2D eigenvalue weighted by atomic mass is 10.2. The van der Waals surface area contributed by atoms with Crippen molar-refractivity contribution in [2.45, 2.75) is 23.5 Å². The monoisotopic (exact) mass is 241 g/mol. The minimum atomic E-state index is -3.18. The highest BCUT2D eigenvalue weighted by Crippen LogP contribution is 2.33. The zero-order valence-corrected chi connectivity index (χ0v) is 10.2. The highest BCUT2D eigenvalue weighted by Gasteiger charge is 2.32. The minimum absolute atomic E-state index is 0.326. The Morgan fingerprint density at radius 3 is 2.88 bits per heavy atom. The average molecular weight is 241 g/mol. The van der Waals surface area contributed by atoms with Crippen LogP contribution in [-0.2, 0) is 9.84 Å². The fraction of sp³-hybridized carbons (Fsp3) is 0.455. The third-order valence-corrected chi connectivity index (χ3v) is 5.25. The minimum Gasteiger partial charge on any atom is -0.497 e.